The van der Waals surface area contributed by atoms with E-state index in [0.717, 1.165) is 22.9 Å². The van der Waals surface area contributed by atoms with Crippen LogP contribution in [0, 0.1) is 28.6 Å². The average Bonchev–Trinajstić information content (AvgIpc) is 3.32. The Bertz CT molecular complexity index is 1650. The van der Waals surface area contributed by atoms with Crippen molar-refractivity contribution in [1.82, 2.24) is 0 Å². The third-order valence-corrected chi connectivity index (χ3v) is 12.8. The van der Waals surface area contributed by atoms with Gasteiger partial charge in [-0.2, -0.15) is 0 Å². The van der Waals surface area contributed by atoms with Crippen LogP contribution in [-0.2, 0) is 25.5 Å². The Labute approximate surface area is 277 Å². The van der Waals surface area contributed by atoms with Crippen molar-refractivity contribution >= 4 is 28.3 Å². The molecule has 4 aliphatic carbocycles. The summed E-state index contributed by atoms with van der Waals surface area (Å²) in [5.41, 5.74) is -2.65. The van der Waals surface area contributed by atoms with Crippen molar-refractivity contribution in [3.05, 3.63) is 89.0 Å². The van der Waals surface area contributed by atoms with Gasteiger partial charge in [0, 0.05) is 41.0 Å². The fourth-order valence-corrected chi connectivity index (χ4v) is 10.6. The average molecular weight is 668 g/mol. The van der Waals surface area contributed by atoms with Crippen molar-refractivity contribution < 1.29 is 37.3 Å². The first-order valence-corrected chi connectivity index (χ1v) is 17.2. The lowest BCUT2D eigenvalue weighted by Crippen LogP contribution is -2.71. The summed E-state index contributed by atoms with van der Waals surface area (Å²) in [6.07, 6.45) is 0.239. The van der Waals surface area contributed by atoms with E-state index in [1.54, 1.807) is 6.92 Å². The number of alkyl halides is 3. The largest absolute Gasteiger partial charge is 0.390 e. The maximum absolute atomic E-state index is 17.7. The first kappa shape index (κ1) is 32.6. The minimum absolute atomic E-state index is 0.0402. The van der Waals surface area contributed by atoms with E-state index in [0.29, 0.717) is 30.2 Å². The molecule has 5 aliphatic rings. The second-order valence-electron chi connectivity index (χ2n) is 14.2. The van der Waals surface area contributed by atoms with Crippen LogP contribution in [0.15, 0.2) is 72.3 Å². The number of aliphatic hydroxyl groups excluding tert-OH is 1. The number of allylic oxidation sites excluding steroid dienone is 4. The quantitative estimate of drug-likeness (QED) is 0.349. The summed E-state index contributed by atoms with van der Waals surface area (Å²) in [6, 6.07) is 14.9. The Hall–Kier alpha value is -2.92. The molecule has 10 atom stereocenters. The lowest BCUT2D eigenvalue weighted by Gasteiger charge is -2.63. The lowest BCUT2D eigenvalue weighted by molar-refractivity contribution is -0.304. The number of carbonyl (C=O) groups is 2. The highest BCUT2D eigenvalue weighted by Gasteiger charge is 2.78. The number of rotatable bonds is 6. The van der Waals surface area contributed by atoms with E-state index in [-0.39, 0.29) is 25.0 Å². The molecule has 4 fully saturated rings. The highest BCUT2D eigenvalue weighted by atomic mass is 32.2. The van der Waals surface area contributed by atoms with Gasteiger partial charge in [0.1, 0.15) is 12.2 Å². The summed E-state index contributed by atoms with van der Waals surface area (Å²) in [4.78, 5) is 26.3. The molecule has 0 spiro atoms. The SMILES string of the molecule is CNc1cccc(Cc2ccc([C@@H]3OC[C@@H]4C[C@H]5[C@@H]6C[C@H](F)C7=CC(=O)C=C[C@]7(C)[C@@]6(F)[C@@H](O)C[C@]5(C)[C@]4(C(=O)SCF)O3)cc2)c1. The van der Waals surface area contributed by atoms with Gasteiger partial charge >= 0.3 is 0 Å². The molecule has 1 saturated heterocycles. The van der Waals surface area contributed by atoms with Crippen LogP contribution in [0.1, 0.15) is 56.1 Å². The normalized spacial score (nSPS) is 40.5. The summed E-state index contributed by atoms with van der Waals surface area (Å²) in [7, 11) is 1.87. The predicted molar refractivity (Wildman–Crippen MR) is 174 cm³/mol. The Morgan fingerprint density at radius 3 is 2.60 bits per heavy atom. The molecule has 250 valence electrons. The van der Waals surface area contributed by atoms with E-state index in [1.807, 2.05) is 50.4 Å². The first-order chi connectivity index (χ1) is 22.4. The number of benzene rings is 2. The smallest absolute Gasteiger partial charge is 0.224 e. The van der Waals surface area contributed by atoms with E-state index in [1.165, 1.54) is 12.2 Å². The second kappa shape index (κ2) is 11.6. The molecule has 1 heterocycles. The molecule has 0 unspecified atom stereocenters. The molecule has 10 heteroatoms. The third-order valence-electron chi connectivity index (χ3n) is 12.1. The number of anilines is 1. The molecule has 2 N–H and O–H groups in total. The lowest BCUT2D eigenvalue weighted by atomic mass is 9.44. The molecule has 2 aromatic carbocycles. The number of aliphatic hydroxyl groups is 1. The number of thioether (sulfide) groups is 1. The van der Waals surface area contributed by atoms with Crippen LogP contribution in [0.2, 0.25) is 0 Å². The Morgan fingerprint density at radius 1 is 1.11 bits per heavy atom. The Morgan fingerprint density at radius 2 is 1.87 bits per heavy atom. The number of nitrogens with one attached hydrogen (secondary N) is 1. The standard InChI is InChI=1S/C37H40F3NO5S/c1-34-12-11-26(42)16-29(34)30(39)17-28-27-15-24-19-45-32(23-9-7-21(8-10-23)13-22-5-4-6-25(14-22)41-3)46-37(24,33(44)47-20-38)35(27,2)18-31(43)36(28,34)40/h4-12,14,16,24,27-28,30-32,41,43H,13,15,17-20H2,1-3H3/t24-,27-,28-,30-,31-,32+,34-,35-,36-,37-/m0/s1. The van der Waals surface area contributed by atoms with Gasteiger partial charge in [-0.3, -0.25) is 9.59 Å². The fourth-order valence-electron chi connectivity index (χ4n) is 9.81. The van der Waals surface area contributed by atoms with Gasteiger partial charge in [0.25, 0.3) is 0 Å². The van der Waals surface area contributed by atoms with Gasteiger partial charge in [-0.25, -0.2) is 13.2 Å². The van der Waals surface area contributed by atoms with E-state index in [4.69, 9.17) is 9.47 Å². The molecule has 7 rings (SSSR count). The van der Waals surface area contributed by atoms with Crippen LogP contribution in [0.4, 0.5) is 18.9 Å². The van der Waals surface area contributed by atoms with Crippen LogP contribution in [0.3, 0.4) is 0 Å². The van der Waals surface area contributed by atoms with Crippen LogP contribution in [-0.4, -0.2) is 59.2 Å². The van der Waals surface area contributed by atoms with E-state index in [9.17, 15) is 19.1 Å². The Kier molecular flexibility index (Phi) is 8.05. The number of hydrogen-bond acceptors (Lipinski definition) is 7. The minimum atomic E-state index is -2.30. The van der Waals surface area contributed by atoms with Crippen LogP contribution in [0.5, 0.6) is 0 Å². The monoisotopic (exact) mass is 667 g/mol. The predicted octanol–water partition coefficient (Wildman–Crippen LogP) is 6.84. The van der Waals surface area contributed by atoms with Gasteiger partial charge in [-0.15, -0.1) is 0 Å². The zero-order chi connectivity index (χ0) is 33.4. The maximum atomic E-state index is 17.7. The zero-order valence-corrected chi connectivity index (χ0v) is 27.5. The highest BCUT2D eigenvalue weighted by molar-refractivity contribution is 8.13. The van der Waals surface area contributed by atoms with Crippen molar-refractivity contribution in [2.45, 2.75) is 69.4 Å². The highest BCUT2D eigenvalue weighted by Crippen LogP contribution is 2.73. The van der Waals surface area contributed by atoms with Crippen molar-refractivity contribution in [3.63, 3.8) is 0 Å². The Balaban J connectivity index is 1.22. The number of fused-ring (bicyclic) bond motifs is 7. The van der Waals surface area contributed by atoms with Crippen LogP contribution in [0.25, 0.3) is 0 Å². The summed E-state index contributed by atoms with van der Waals surface area (Å²) >= 11 is 0.513. The number of carbonyl (C=O) groups excluding carboxylic acids is 2. The van der Waals surface area contributed by atoms with Gasteiger partial charge in [0.2, 0.25) is 5.12 Å². The number of halogens is 3. The van der Waals surface area contributed by atoms with Gasteiger partial charge in [0.05, 0.1) is 12.7 Å². The van der Waals surface area contributed by atoms with Crippen molar-refractivity contribution in [1.29, 1.82) is 0 Å². The summed E-state index contributed by atoms with van der Waals surface area (Å²) in [5.74, 6) is -2.53. The number of hydrogen-bond donors (Lipinski definition) is 2. The van der Waals surface area contributed by atoms with Crippen LogP contribution < -0.4 is 5.32 Å². The third kappa shape index (κ3) is 4.65. The molecule has 47 heavy (non-hydrogen) atoms. The molecule has 0 radical (unpaired) electrons. The molecule has 1 aliphatic heterocycles. The topological polar surface area (TPSA) is 84.9 Å². The molecule has 3 saturated carbocycles. The van der Waals surface area contributed by atoms with Crippen molar-refractivity contribution in [2.24, 2.45) is 28.6 Å². The van der Waals surface area contributed by atoms with Gasteiger partial charge in [0.15, 0.2) is 23.3 Å². The molecule has 2 aromatic rings. The second-order valence-corrected chi connectivity index (χ2v) is 15.1. The van der Waals surface area contributed by atoms with Gasteiger partial charge in [-0.1, -0.05) is 61.2 Å². The maximum Gasteiger partial charge on any atom is 0.224 e. The molecule has 0 bridgehead atoms. The first-order valence-electron chi connectivity index (χ1n) is 16.3. The number of ketones is 1. The summed E-state index contributed by atoms with van der Waals surface area (Å²) in [5, 5.41) is 14.4. The minimum Gasteiger partial charge on any atom is -0.390 e. The van der Waals surface area contributed by atoms with Crippen LogP contribution >= 0.6 is 11.8 Å². The van der Waals surface area contributed by atoms with E-state index < -0.39 is 75.3 Å². The van der Waals surface area contributed by atoms with Crippen molar-refractivity contribution in [3.8, 4) is 0 Å². The van der Waals surface area contributed by atoms with Gasteiger partial charge in [-0.05, 0) is 79.5 Å². The van der Waals surface area contributed by atoms with E-state index in [2.05, 4.69) is 17.4 Å². The molecule has 0 aromatic heterocycles. The molecule has 0 amide bonds. The summed E-state index contributed by atoms with van der Waals surface area (Å²) in [6.45, 7) is 3.46. The molecular weight excluding hydrogens is 627 g/mol. The summed E-state index contributed by atoms with van der Waals surface area (Å²) < 4.78 is 60.5. The van der Waals surface area contributed by atoms with Gasteiger partial charge < -0.3 is 19.9 Å². The number of ether oxygens (including phenoxy) is 2. The van der Waals surface area contributed by atoms with E-state index >= 15 is 8.78 Å². The zero-order valence-electron chi connectivity index (χ0n) is 26.7. The molecule has 6 nitrogen and oxygen atoms in total. The molecular formula is C37H40F3NO5S. The van der Waals surface area contributed by atoms with Crippen molar-refractivity contribution in [2.75, 3.05) is 25.0 Å². The fraction of sp³-hybridized carbons (Fsp3) is 0.514.